The third kappa shape index (κ3) is 7.20. The number of nitrogens with one attached hydrogen (secondary N) is 3. The van der Waals surface area contributed by atoms with Gasteiger partial charge in [-0.1, -0.05) is 18.2 Å². The van der Waals surface area contributed by atoms with E-state index in [9.17, 15) is 14.7 Å². The number of aliphatic hydroxyl groups is 1. The molecule has 1 aromatic carbocycles. The van der Waals surface area contributed by atoms with Crippen LogP contribution in [0.15, 0.2) is 46.8 Å². The van der Waals surface area contributed by atoms with E-state index in [1.807, 2.05) is 24.4 Å². The van der Waals surface area contributed by atoms with Gasteiger partial charge in [-0.3, -0.25) is 9.59 Å². The highest BCUT2D eigenvalue weighted by molar-refractivity contribution is 7.10. The van der Waals surface area contributed by atoms with Crippen LogP contribution in [0.5, 0.6) is 0 Å². The third-order valence-corrected chi connectivity index (χ3v) is 5.18. The molecule has 0 radical (unpaired) electrons. The SMILES string of the molecule is CCNC(=NCc1ccc(C(=O)NCC(N)=O)cc1)NCC(C)(O)c1cccs1. The van der Waals surface area contributed by atoms with Crippen LogP contribution in [0, 0.1) is 0 Å². The number of aliphatic imine (C=N–C) groups is 1. The third-order valence-electron chi connectivity index (χ3n) is 4.06. The summed E-state index contributed by atoms with van der Waals surface area (Å²) in [4.78, 5) is 28.0. The molecule has 0 aliphatic carbocycles. The standard InChI is InChI=1S/C20H27N5O3S/c1-3-22-19(25-13-20(2,28)16-5-4-10-29-16)24-11-14-6-8-15(9-7-14)18(27)23-12-17(21)26/h4-10,28H,3,11-13H2,1-2H3,(H2,21,26)(H,23,27)(H2,22,24,25). The van der Waals surface area contributed by atoms with Gasteiger partial charge in [-0.15, -0.1) is 11.3 Å². The molecule has 29 heavy (non-hydrogen) atoms. The minimum atomic E-state index is -0.996. The van der Waals surface area contributed by atoms with Crippen LogP contribution in [0.1, 0.15) is 34.6 Å². The van der Waals surface area contributed by atoms with E-state index in [4.69, 9.17) is 5.73 Å². The maximum absolute atomic E-state index is 11.9. The van der Waals surface area contributed by atoms with Gasteiger partial charge in [0.15, 0.2) is 5.96 Å². The average molecular weight is 418 g/mol. The van der Waals surface area contributed by atoms with E-state index in [1.54, 1.807) is 31.2 Å². The molecule has 1 unspecified atom stereocenters. The lowest BCUT2D eigenvalue weighted by atomic mass is 10.1. The maximum atomic E-state index is 11.9. The number of hydrogen-bond acceptors (Lipinski definition) is 5. The number of benzene rings is 1. The van der Waals surface area contributed by atoms with Crippen LogP contribution in [0.25, 0.3) is 0 Å². The Morgan fingerprint density at radius 3 is 2.48 bits per heavy atom. The van der Waals surface area contributed by atoms with Gasteiger partial charge in [-0.2, -0.15) is 0 Å². The van der Waals surface area contributed by atoms with E-state index in [1.165, 1.54) is 11.3 Å². The van der Waals surface area contributed by atoms with Gasteiger partial charge >= 0.3 is 0 Å². The number of carbonyl (C=O) groups is 2. The average Bonchev–Trinajstić information content (AvgIpc) is 3.24. The molecule has 0 bridgehead atoms. The lowest BCUT2D eigenvalue weighted by Crippen LogP contribution is -2.44. The molecule has 2 rings (SSSR count). The van der Waals surface area contributed by atoms with Gasteiger partial charge in [-0.05, 0) is 43.0 Å². The number of thiophene rings is 1. The summed E-state index contributed by atoms with van der Waals surface area (Å²) >= 11 is 1.51. The lowest BCUT2D eigenvalue weighted by molar-refractivity contribution is -0.117. The Kier molecular flexibility index (Phi) is 8.17. The van der Waals surface area contributed by atoms with Crippen molar-refractivity contribution < 1.29 is 14.7 Å². The fraction of sp³-hybridized carbons (Fsp3) is 0.350. The summed E-state index contributed by atoms with van der Waals surface area (Å²) in [5, 5.41) is 21.3. The Morgan fingerprint density at radius 1 is 1.17 bits per heavy atom. The number of amides is 2. The molecule has 6 N–H and O–H groups in total. The normalized spacial score (nSPS) is 13.4. The number of hydrogen-bond donors (Lipinski definition) is 5. The summed E-state index contributed by atoms with van der Waals surface area (Å²) in [7, 11) is 0. The van der Waals surface area contributed by atoms with Gasteiger partial charge in [-0.25, -0.2) is 4.99 Å². The Balaban J connectivity index is 1.95. The summed E-state index contributed by atoms with van der Waals surface area (Å²) in [6.45, 7) is 4.94. The molecule has 1 aromatic heterocycles. The van der Waals surface area contributed by atoms with Crippen LogP contribution in [0.3, 0.4) is 0 Å². The molecule has 156 valence electrons. The highest BCUT2D eigenvalue weighted by Gasteiger charge is 2.24. The number of nitrogens with two attached hydrogens (primary N) is 1. The van der Waals surface area contributed by atoms with Crippen LogP contribution in [-0.2, 0) is 16.9 Å². The molecule has 1 heterocycles. The zero-order chi connectivity index (χ0) is 21.3. The van der Waals surface area contributed by atoms with Crippen molar-refractivity contribution in [3.63, 3.8) is 0 Å². The highest BCUT2D eigenvalue weighted by Crippen LogP contribution is 2.24. The van der Waals surface area contributed by atoms with E-state index in [0.29, 0.717) is 31.2 Å². The Hall–Kier alpha value is -2.91. The molecule has 2 aromatic rings. The molecule has 1 atom stereocenters. The van der Waals surface area contributed by atoms with Crippen LogP contribution in [0.2, 0.25) is 0 Å². The number of carbonyl (C=O) groups excluding carboxylic acids is 2. The molecular weight excluding hydrogens is 390 g/mol. The second kappa shape index (κ2) is 10.6. The monoisotopic (exact) mass is 417 g/mol. The highest BCUT2D eigenvalue weighted by atomic mass is 32.1. The Bertz CT molecular complexity index is 832. The summed E-state index contributed by atoms with van der Waals surface area (Å²) in [5.74, 6) is -0.358. The first-order chi connectivity index (χ1) is 13.8. The van der Waals surface area contributed by atoms with Crippen LogP contribution in [-0.4, -0.2) is 42.5 Å². The van der Waals surface area contributed by atoms with Gasteiger partial charge in [0, 0.05) is 17.0 Å². The van der Waals surface area contributed by atoms with Gasteiger partial charge in [0.05, 0.1) is 19.6 Å². The molecule has 0 saturated carbocycles. The molecule has 0 aliphatic rings. The molecular formula is C20H27N5O3S. The number of nitrogens with zero attached hydrogens (tertiary/aromatic N) is 1. The Labute approximate surface area is 174 Å². The van der Waals surface area contributed by atoms with Crippen molar-refractivity contribution in [3.05, 3.63) is 57.8 Å². The first-order valence-corrected chi connectivity index (χ1v) is 10.1. The molecule has 0 aliphatic heterocycles. The second-order valence-corrected chi connectivity index (χ2v) is 7.59. The minimum absolute atomic E-state index is 0.197. The van der Waals surface area contributed by atoms with Crippen molar-refractivity contribution in [1.29, 1.82) is 0 Å². The maximum Gasteiger partial charge on any atom is 0.251 e. The lowest BCUT2D eigenvalue weighted by Gasteiger charge is -2.23. The molecule has 0 saturated heterocycles. The Morgan fingerprint density at radius 2 is 1.90 bits per heavy atom. The van der Waals surface area contributed by atoms with Crippen LogP contribution >= 0.6 is 11.3 Å². The minimum Gasteiger partial charge on any atom is -0.383 e. The topological polar surface area (TPSA) is 129 Å². The first-order valence-electron chi connectivity index (χ1n) is 9.26. The van der Waals surface area contributed by atoms with E-state index in [2.05, 4.69) is 20.9 Å². The molecule has 0 spiro atoms. The van der Waals surface area contributed by atoms with Crippen molar-refractivity contribution in [3.8, 4) is 0 Å². The van der Waals surface area contributed by atoms with E-state index >= 15 is 0 Å². The second-order valence-electron chi connectivity index (χ2n) is 6.65. The van der Waals surface area contributed by atoms with Crippen LogP contribution < -0.4 is 21.7 Å². The smallest absolute Gasteiger partial charge is 0.251 e. The van der Waals surface area contributed by atoms with Crippen molar-refractivity contribution in [2.45, 2.75) is 26.0 Å². The number of guanidine groups is 1. The summed E-state index contributed by atoms with van der Waals surface area (Å²) in [5.41, 5.74) is 5.38. The van der Waals surface area contributed by atoms with Crippen molar-refractivity contribution >= 4 is 29.1 Å². The molecule has 9 heteroatoms. The van der Waals surface area contributed by atoms with Crippen molar-refractivity contribution in [2.75, 3.05) is 19.6 Å². The number of rotatable bonds is 9. The summed E-state index contributed by atoms with van der Waals surface area (Å²) in [6.07, 6.45) is 0. The molecule has 8 nitrogen and oxygen atoms in total. The van der Waals surface area contributed by atoms with Crippen molar-refractivity contribution in [1.82, 2.24) is 16.0 Å². The van der Waals surface area contributed by atoms with Gasteiger partial charge in [0.1, 0.15) is 5.60 Å². The summed E-state index contributed by atoms with van der Waals surface area (Å²) < 4.78 is 0. The first kappa shape index (κ1) is 22.4. The molecule has 2 amide bonds. The number of primary amides is 1. The molecule has 0 fully saturated rings. The summed E-state index contributed by atoms with van der Waals surface area (Å²) in [6, 6.07) is 10.7. The van der Waals surface area contributed by atoms with E-state index < -0.39 is 11.5 Å². The quantitative estimate of drug-likeness (QED) is 0.306. The van der Waals surface area contributed by atoms with E-state index in [0.717, 1.165) is 10.4 Å². The van der Waals surface area contributed by atoms with Crippen LogP contribution in [0.4, 0.5) is 0 Å². The zero-order valence-corrected chi connectivity index (χ0v) is 17.4. The zero-order valence-electron chi connectivity index (χ0n) is 16.6. The predicted molar refractivity (Wildman–Crippen MR) is 115 cm³/mol. The van der Waals surface area contributed by atoms with Gasteiger partial charge in [0.2, 0.25) is 5.91 Å². The fourth-order valence-corrected chi connectivity index (χ4v) is 3.26. The van der Waals surface area contributed by atoms with Gasteiger partial charge < -0.3 is 26.8 Å². The predicted octanol–water partition coefficient (Wildman–Crippen LogP) is 0.926. The largest absolute Gasteiger partial charge is 0.383 e. The van der Waals surface area contributed by atoms with E-state index in [-0.39, 0.29) is 12.5 Å². The fourth-order valence-electron chi connectivity index (χ4n) is 2.47. The van der Waals surface area contributed by atoms with Crippen molar-refractivity contribution in [2.24, 2.45) is 10.7 Å². The van der Waals surface area contributed by atoms with Gasteiger partial charge in [0.25, 0.3) is 5.91 Å².